The van der Waals surface area contributed by atoms with E-state index in [1.807, 2.05) is 54.6 Å². The summed E-state index contributed by atoms with van der Waals surface area (Å²) < 4.78 is 0. The molecule has 0 aromatic heterocycles. The molecule has 3 rings (SSSR count). The van der Waals surface area contributed by atoms with E-state index >= 15 is 0 Å². The molecule has 2 atom stereocenters. The Labute approximate surface area is 154 Å². The average Bonchev–Trinajstić information content (AvgIpc) is 2.64. The smallest absolute Gasteiger partial charge is 0.308 e. The summed E-state index contributed by atoms with van der Waals surface area (Å²) in [6.07, 6.45) is 0.667. The fourth-order valence-corrected chi connectivity index (χ4v) is 3.67. The Morgan fingerprint density at radius 3 is 2.35 bits per heavy atom. The van der Waals surface area contributed by atoms with Crippen LogP contribution >= 0.6 is 0 Å². The summed E-state index contributed by atoms with van der Waals surface area (Å²) in [5, 5.41) is 9.74. The Kier molecular flexibility index (Phi) is 5.40. The Morgan fingerprint density at radius 1 is 1.12 bits per heavy atom. The van der Waals surface area contributed by atoms with Gasteiger partial charge in [-0.25, -0.2) is 0 Å². The maximum absolute atomic E-state index is 12.7. The van der Waals surface area contributed by atoms with Gasteiger partial charge in [0.1, 0.15) is 0 Å². The number of likely N-dealkylation sites (tertiary alicyclic amines) is 1. The molecular weight excluding hydrogens is 326 g/mol. The fraction of sp³-hybridized carbons (Fsp3) is 0.364. The van der Waals surface area contributed by atoms with Crippen LogP contribution in [0.2, 0.25) is 0 Å². The molecule has 1 saturated heterocycles. The molecule has 1 N–H and O–H groups in total. The van der Waals surface area contributed by atoms with Gasteiger partial charge in [-0.05, 0) is 29.0 Å². The molecule has 1 aliphatic rings. The highest BCUT2D eigenvalue weighted by Crippen LogP contribution is 2.38. The van der Waals surface area contributed by atoms with Crippen molar-refractivity contribution in [2.45, 2.75) is 45.2 Å². The third-order valence-electron chi connectivity index (χ3n) is 5.16. The predicted molar refractivity (Wildman–Crippen MR) is 101 cm³/mol. The normalized spacial score (nSPS) is 20.4. The van der Waals surface area contributed by atoms with Gasteiger partial charge in [-0.3, -0.25) is 9.59 Å². The number of rotatable bonds is 5. The summed E-state index contributed by atoms with van der Waals surface area (Å²) >= 11 is 0. The number of hydrogen-bond donors (Lipinski definition) is 1. The van der Waals surface area contributed by atoms with Gasteiger partial charge in [-0.1, -0.05) is 68.4 Å². The molecule has 136 valence electrons. The first kappa shape index (κ1) is 18.2. The molecule has 4 nitrogen and oxygen atoms in total. The van der Waals surface area contributed by atoms with Gasteiger partial charge in [0, 0.05) is 13.0 Å². The van der Waals surface area contributed by atoms with Gasteiger partial charge in [0.25, 0.3) is 0 Å². The topological polar surface area (TPSA) is 57.6 Å². The van der Waals surface area contributed by atoms with Crippen molar-refractivity contribution in [1.82, 2.24) is 4.90 Å². The minimum atomic E-state index is -0.839. The van der Waals surface area contributed by atoms with Gasteiger partial charge in [-0.15, -0.1) is 0 Å². The minimum Gasteiger partial charge on any atom is -0.481 e. The van der Waals surface area contributed by atoms with Crippen LogP contribution in [0.1, 0.15) is 55.3 Å². The summed E-state index contributed by atoms with van der Waals surface area (Å²) in [6, 6.07) is 17.3. The van der Waals surface area contributed by atoms with Crippen molar-refractivity contribution in [2.24, 2.45) is 5.92 Å². The zero-order chi connectivity index (χ0) is 18.7. The van der Waals surface area contributed by atoms with Gasteiger partial charge in [0.05, 0.1) is 12.0 Å². The molecule has 2 aromatic carbocycles. The largest absolute Gasteiger partial charge is 0.481 e. The SMILES string of the molecule is CC(C)c1ccc([C@@H]2[C@H](C(=O)O)CCC(=O)N2Cc2ccccc2)cc1. The van der Waals surface area contributed by atoms with Crippen LogP contribution < -0.4 is 0 Å². The lowest BCUT2D eigenvalue weighted by Gasteiger charge is -2.40. The standard InChI is InChI=1S/C22H25NO3/c1-15(2)17-8-10-18(11-9-17)21-19(22(25)26)12-13-20(24)23(21)14-16-6-4-3-5-7-16/h3-11,15,19,21H,12-14H2,1-2H3,(H,25,26)/t19-,21-/m1/s1. The summed E-state index contributed by atoms with van der Waals surface area (Å²) in [7, 11) is 0. The van der Waals surface area contributed by atoms with Crippen molar-refractivity contribution in [1.29, 1.82) is 0 Å². The highest BCUT2D eigenvalue weighted by atomic mass is 16.4. The fourth-order valence-electron chi connectivity index (χ4n) is 3.67. The van der Waals surface area contributed by atoms with Crippen LogP contribution in [-0.2, 0) is 16.1 Å². The number of benzene rings is 2. The van der Waals surface area contributed by atoms with Crippen molar-refractivity contribution in [2.75, 3.05) is 0 Å². The molecular formula is C22H25NO3. The second-order valence-electron chi connectivity index (χ2n) is 7.26. The number of aliphatic carboxylic acids is 1. The number of carboxylic acids is 1. The van der Waals surface area contributed by atoms with Crippen molar-refractivity contribution in [3.8, 4) is 0 Å². The average molecular weight is 351 g/mol. The third kappa shape index (κ3) is 3.79. The summed E-state index contributed by atoms with van der Waals surface area (Å²) in [5.41, 5.74) is 3.11. The number of nitrogens with zero attached hydrogens (tertiary/aromatic N) is 1. The molecule has 0 aliphatic carbocycles. The number of amides is 1. The Morgan fingerprint density at radius 2 is 1.77 bits per heavy atom. The van der Waals surface area contributed by atoms with E-state index in [1.165, 1.54) is 5.56 Å². The lowest BCUT2D eigenvalue weighted by atomic mass is 9.83. The number of piperidine rings is 1. The zero-order valence-corrected chi connectivity index (χ0v) is 15.3. The molecule has 2 aromatic rings. The molecule has 0 saturated carbocycles. The third-order valence-corrected chi connectivity index (χ3v) is 5.16. The highest BCUT2D eigenvalue weighted by Gasteiger charge is 2.40. The first-order valence-electron chi connectivity index (χ1n) is 9.13. The molecule has 1 heterocycles. The second kappa shape index (κ2) is 7.73. The van der Waals surface area contributed by atoms with Crippen LogP contribution in [0.25, 0.3) is 0 Å². The predicted octanol–water partition coefficient (Wildman–Crippen LogP) is 4.37. The number of carbonyl (C=O) groups is 2. The van der Waals surface area contributed by atoms with E-state index in [0.717, 1.165) is 11.1 Å². The molecule has 0 unspecified atom stereocenters. The van der Waals surface area contributed by atoms with Crippen molar-refractivity contribution >= 4 is 11.9 Å². The first-order valence-corrected chi connectivity index (χ1v) is 9.13. The van der Waals surface area contributed by atoms with E-state index < -0.39 is 17.9 Å². The molecule has 26 heavy (non-hydrogen) atoms. The van der Waals surface area contributed by atoms with Crippen LogP contribution in [0.3, 0.4) is 0 Å². The van der Waals surface area contributed by atoms with Crippen LogP contribution in [-0.4, -0.2) is 21.9 Å². The number of carboxylic acid groups (broad SMARTS) is 1. The Bertz CT molecular complexity index is 768. The van der Waals surface area contributed by atoms with Gasteiger partial charge in [0.2, 0.25) is 5.91 Å². The van der Waals surface area contributed by atoms with E-state index in [9.17, 15) is 14.7 Å². The van der Waals surface area contributed by atoms with E-state index in [1.54, 1.807) is 4.90 Å². The minimum absolute atomic E-state index is 0.0179. The van der Waals surface area contributed by atoms with E-state index in [-0.39, 0.29) is 12.3 Å². The zero-order valence-electron chi connectivity index (χ0n) is 15.3. The van der Waals surface area contributed by atoms with E-state index in [0.29, 0.717) is 18.9 Å². The Hall–Kier alpha value is -2.62. The van der Waals surface area contributed by atoms with Crippen LogP contribution in [0, 0.1) is 5.92 Å². The molecule has 0 radical (unpaired) electrons. The van der Waals surface area contributed by atoms with Crippen molar-refractivity contribution in [3.63, 3.8) is 0 Å². The highest BCUT2D eigenvalue weighted by molar-refractivity contribution is 5.81. The molecule has 4 heteroatoms. The summed E-state index contributed by atoms with van der Waals surface area (Å²) in [6.45, 7) is 4.68. The summed E-state index contributed by atoms with van der Waals surface area (Å²) in [5.74, 6) is -0.994. The molecule has 0 spiro atoms. The molecule has 1 fully saturated rings. The first-order chi connectivity index (χ1) is 12.5. The van der Waals surface area contributed by atoms with Gasteiger partial charge < -0.3 is 10.0 Å². The molecule has 0 bridgehead atoms. The number of carbonyl (C=O) groups excluding carboxylic acids is 1. The maximum atomic E-state index is 12.7. The molecule has 1 aliphatic heterocycles. The summed E-state index contributed by atoms with van der Waals surface area (Å²) in [4.78, 5) is 26.3. The van der Waals surface area contributed by atoms with Crippen molar-refractivity contribution in [3.05, 3.63) is 71.3 Å². The lowest BCUT2D eigenvalue weighted by Crippen LogP contribution is -2.44. The number of hydrogen-bond acceptors (Lipinski definition) is 2. The van der Waals surface area contributed by atoms with E-state index in [2.05, 4.69) is 13.8 Å². The quantitative estimate of drug-likeness (QED) is 0.870. The van der Waals surface area contributed by atoms with Crippen LogP contribution in [0.4, 0.5) is 0 Å². The lowest BCUT2D eigenvalue weighted by molar-refractivity contribution is -0.152. The van der Waals surface area contributed by atoms with Gasteiger partial charge in [-0.2, -0.15) is 0 Å². The Balaban J connectivity index is 1.97. The van der Waals surface area contributed by atoms with Crippen LogP contribution in [0.5, 0.6) is 0 Å². The van der Waals surface area contributed by atoms with Crippen molar-refractivity contribution < 1.29 is 14.7 Å². The molecule has 1 amide bonds. The van der Waals surface area contributed by atoms with Gasteiger partial charge >= 0.3 is 5.97 Å². The van der Waals surface area contributed by atoms with E-state index in [4.69, 9.17) is 0 Å². The second-order valence-corrected chi connectivity index (χ2v) is 7.26. The monoisotopic (exact) mass is 351 g/mol. The van der Waals surface area contributed by atoms with Gasteiger partial charge in [0.15, 0.2) is 0 Å². The maximum Gasteiger partial charge on any atom is 0.308 e. The van der Waals surface area contributed by atoms with Crippen LogP contribution in [0.15, 0.2) is 54.6 Å².